The lowest BCUT2D eigenvalue weighted by atomic mass is 9.88. The summed E-state index contributed by atoms with van der Waals surface area (Å²) in [7, 11) is 0. The number of aliphatic carboxylic acids is 2. The van der Waals surface area contributed by atoms with E-state index in [1.807, 2.05) is 12.2 Å². The molecular formula is C9H12O4. The fourth-order valence-corrected chi connectivity index (χ4v) is 1.61. The van der Waals surface area contributed by atoms with E-state index in [4.69, 9.17) is 10.2 Å². The minimum Gasteiger partial charge on any atom is -0.481 e. The zero-order chi connectivity index (χ0) is 9.84. The smallest absolute Gasteiger partial charge is 0.307 e. The van der Waals surface area contributed by atoms with Gasteiger partial charge in [0, 0.05) is 0 Å². The lowest BCUT2D eigenvalue weighted by Gasteiger charge is -2.16. The maximum Gasteiger partial charge on any atom is 0.307 e. The zero-order valence-corrected chi connectivity index (χ0v) is 7.14. The van der Waals surface area contributed by atoms with Gasteiger partial charge >= 0.3 is 11.9 Å². The standard InChI is InChI=1S/C9H12O4/c10-8(11)5-7(9(12)13)6-3-1-2-4-6/h1-2,6-7H,3-5H2,(H,10,11)(H,12,13). The van der Waals surface area contributed by atoms with Gasteiger partial charge < -0.3 is 10.2 Å². The molecule has 0 amide bonds. The highest BCUT2D eigenvalue weighted by Crippen LogP contribution is 2.28. The molecule has 0 bridgehead atoms. The van der Waals surface area contributed by atoms with Crippen molar-refractivity contribution in [3.63, 3.8) is 0 Å². The number of carboxylic acid groups (broad SMARTS) is 2. The molecule has 13 heavy (non-hydrogen) atoms. The van der Waals surface area contributed by atoms with Crippen LogP contribution in [-0.2, 0) is 9.59 Å². The van der Waals surface area contributed by atoms with Crippen LogP contribution in [0.4, 0.5) is 0 Å². The number of carboxylic acids is 2. The highest BCUT2D eigenvalue weighted by atomic mass is 16.4. The molecule has 0 aromatic carbocycles. The summed E-state index contributed by atoms with van der Waals surface area (Å²) in [5.41, 5.74) is 0. The van der Waals surface area contributed by atoms with Crippen LogP contribution in [0, 0.1) is 11.8 Å². The van der Waals surface area contributed by atoms with Crippen molar-refractivity contribution in [2.45, 2.75) is 19.3 Å². The Hall–Kier alpha value is -1.32. The van der Waals surface area contributed by atoms with Crippen molar-refractivity contribution in [2.24, 2.45) is 11.8 Å². The van der Waals surface area contributed by atoms with Crippen molar-refractivity contribution >= 4 is 11.9 Å². The maximum absolute atomic E-state index is 10.7. The van der Waals surface area contributed by atoms with Crippen LogP contribution in [0.25, 0.3) is 0 Å². The molecule has 2 N–H and O–H groups in total. The van der Waals surface area contributed by atoms with Crippen LogP contribution in [0.1, 0.15) is 19.3 Å². The summed E-state index contributed by atoms with van der Waals surface area (Å²) in [4.78, 5) is 21.1. The van der Waals surface area contributed by atoms with Crippen molar-refractivity contribution in [1.82, 2.24) is 0 Å². The first-order valence-electron chi connectivity index (χ1n) is 4.21. The van der Waals surface area contributed by atoms with Crippen LogP contribution in [-0.4, -0.2) is 22.2 Å². The summed E-state index contributed by atoms with van der Waals surface area (Å²) in [6.07, 6.45) is 4.90. The normalized spacial score (nSPS) is 18.8. The predicted molar refractivity (Wildman–Crippen MR) is 45.2 cm³/mol. The summed E-state index contributed by atoms with van der Waals surface area (Å²) in [6, 6.07) is 0. The largest absolute Gasteiger partial charge is 0.481 e. The van der Waals surface area contributed by atoms with Gasteiger partial charge in [-0.3, -0.25) is 9.59 Å². The summed E-state index contributed by atoms with van der Waals surface area (Å²) in [5.74, 6) is -2.82. The van der Waals surface area contributed by atoms with E-state index in [0.29, 0.717) is 12.8 Å². The average Bonchev–Trinajstić information content (AvgIpc) is 2.50. The molecule has 1 unspecified atom stereocenters. The van der Waals surface area contributed by atoms with Gasteiger partial charge in [-0.1, -0.05) is 12.2 Å². The molecule has 4 heteroatoms. The van der Waals surface area contributed by atoms with Crippen molar-refractivity contribution in [3.8, 4) is 0 Å². The molecule has 0 saturated carbocycles. The SMILES string of the molecule is O=C(O)CC(C(=O)O)C1CC=CC1. The fraction of sp³-hybridized carbons (Fsp3) is 0.556. The molecule has 4 nitrogen and oxygen atoms in total. The molecule has 1 aliphatic rings. The van der Waals surface area contributed by atoms with Gasteiger partial charge in [-0.15, -0.1) is 0 Å². The third kappa shape index (κ3) is 2.57. The summed E-state index contributed by atoms with van der Waals surface area (Å²) in [5, 5.41) is 17.3. The van der Waals surface area contributed by atoms with Gasteiger partial charge in [-0.25, -0.2) is 0 Å². The number of hydrogen-bond acceptors (Lipinski definition) is 2. The minimum absolute atomic E-state index is 0.0337. The molecular weight excluding hydrogens is 172 g/mol. The molecule has 0 spiro atoms. The van der Waals surface area contributed by atoms with Gasteiger partial charge in [0.05, 0.1) is 12.3 Å². The van der Waals surface area contributed by atoms with E-state index in [1.54, 1.807) is 0 Å². The Kier molecular flexibility index (Phi) is 3.06. The minimum atomic E-state index is -1.04. The van der Waals surface area contributed by atoms with Gasteiger partial charge in [0.15, 0.2) is 0 Å². The average molecular weight is 184 g/mol. The first kappa shape index (κ1) is 9.77. The van der Waals surface area contributed by atoms with Crippen LogP contribution in [0.3, 0.4) is 0 Å². The number of hydrogen-bond donors (Lipinski definition) is 2. The molecule has 0 heterocycles. The molecule has 0 saturated heterocycles. The Labute approximate surface area is 75.9 Å². The van der Waals surface area contributed by atoms with Crippen molar-refractivity contribution in [2.75, 3.05) is 0 Å². The molecule has 0 aliphatic heterocycles. The quantitative estimate of drug-likeness (QED) is 0.642. The fourth-order valence-electron chi connectivity index (χ4n) is 1.61. The summed E-state index contributed by atoms with van der Waals surface area (Å²) < 4.78 is 0. The highest BCUT2D eigenvalue weighted by molar-refractivity contribution is 5.78. The van der Waals surface area contributed by atoms with Crippen molar-refractivity contribution in [3.05, 3.63) is 12.2 Å². The Bertz CT molecular complexity index is 236. The van der Waals surface area contributed by atoms with Crippen LogP contribution in [0.2, 0.25) is 0 Å². The molecule has 1 aliphatic carbocycles. The summed E-state index contributed by atoms with van der Waals surface area (Å²) in [6.45, 7) is 0. The zero-order valence-electron chi connectivity index (χ0n) is 7.14. The Morgan fingerprint density at radius 1 is 1.31 bits per heavy atom. The van der Waals surface area contributed by atoms with Gasteiger partial charge in [0.1, 0.15) is 0 Å². The molecule has 0 aromatic heterocycles. The van der Waals surface area contributed by atoms with E-state index in [-0.39, 0.29) is 12.3 Å². The van der Waals surface area contributed by atoms with E-state index in [9.17, 15) is 9.59 Å². The van der Waals surface area contributed by atoms with E-state index in [2.05, 4.69) is 0 Å². The van der Waals surface area contributed by atoms with Crippen LogP contribution < -0.4 is 0 Å². The van der Waals surface area contributed by atoms with Crippen LogP contribution in [0.5, 0.6) is 0 Å². The second-order valence-corrected chi connectivity index (χ2v) is 3.25. The monoisotopic (exact) mass is 184 g/mol. The molecule has 1 atom stereocenters. The van der Waals surface area contributed by atoms with E-state index in [0.717, 1.165) is 0 Å². The first-order valence-corrected chi connectivity index (χ1v) is 4.21. The van der Waals surface area contributed by atoms with Crippen LogP contribution in [0.15, 0.2) is 12.2 Å². The first-order chi connectivity index (χ1) is 6.11. The second kappa shape index (κ2) is 4.07. The topological polar surface area (TPSA) is 74.6 Å². The van der Waals surface area contributed by atoms with E-state index >= 15 is 0 Å². The van der Waals surface area contributed by atoms with Gasteiger partial charge in [-0.2, -0.15) is 0 Å². The third-order valence-corrected chi connectivity index (χ3v) is 2.33. The summed E-state index contributed by atoms with van der Waals surface area (Å²) >= 11 is 0. The lowest BCUT2D eigenvalue weighted by molar-refractivity contribution is -0.150. The molecule has 0 radical (unpaired) electrons. The Balaban J connectivity index is 2.56. The van der Waals surface area contributed by atoms with Crippen molar-refractivity contribution < 1.29 is 19.8 Å². The van der Waals surface area contributed by atoms with Gasteiger partial charge in [0.2, 0.25) is 0 Å². The second-order valence-electron chi connectivity index (χ2n) is 3.25. The van der Waals surface area contributed by atoms with Gasteiger partial charge in [-0.05, 0) is 18.8 Å². The van der Waals surface area contributed by atoms with Crippen LogP contribution >= 0.6 is 0 Å². The molecule has 1 rings (SSSR count). The molecule has 0 aromatic rings. The molecule has 0 fully saturated rings. The highest BCUT2D eigenvalue weighted by Gasteiger charge is 2.30. The third-order valence-electron chi connectivity index (χ3n) is 2.33. The number of rotatable bonds is 4. The Morgan fingerprint density at radius 2 is 1.85 bits per heavy atom. The number of allylic oxidation sites excluding steroid dienone is 2. The van der Waals surface area contributed by atoms with Gasteiger partial charge in [0.25, 0.3) is 0 Å². The Morgan fingerprint density at radius 3 is 2.23 bits per heavy atom. The van der Waals surface area contributed by atoms with Crippen molar-refractivity contribution in [1.29, 1.82) is 0 Å². The number of carbonyl (C=O) groups is 2. The predicted octanol–water partition coefficient (Wildman–Crippen LogP) is 1.13. The lowest BCUT2D eigenvalue weighted by Crippen LogP contribution is -2.24. The maximum atomic E-state index is 10.7. The molecule has 72 valence electrons. The van der Waals surface area contributed by atoms with E-state index in [1.165, 1.54) is 0 Å². The van der Waals surface area contributed by atoms with E-state index < -0.39 is 17.9 Å².